The van der Waals surface area contributed by atoms with Crippen molar-refractivity contribution in [1.29, 1.82) is 0 Å². The van der Waals surface area contributed by atoms with Gasteiger partial charge in [0.1, 0.15) is 5.78 Å². The average Bonchev–Trinajstić information content (AvgIpc) is 3.02. The molecule has 1 nitrogen and oxygen atoms in total. The molecule has 0 spiro atoms. The van der Waals surface area contributed by atoms with Crippen LogP contribution in [0.4, 0.5) is 0 Å². The molecule has 0 heterocycles. The molecule has 158 valence electrons. The van der Waals surface area contributed by atoms with E-state index in [1.165, 1.54) is 57.8 Å². The predicted octanol–water partition coefficient (Wildman–Crippen LogP) is 7.60. The summed E-state index contributed by atoms with van der Waals surface area (Å²) in [6.07, 6.45) is 17.0. The third kappa shape index (κ3) is 3.24. The quantitative estimate of drug-likeness (QED) is 0.446. The third-order valence-corrected chi connectivity index (χ3v) is 10.2. The Morgan fingerprint density at radius 1 is 1.07 bits per heavy atom. The first-order valence-corrected chi connectivity index (χ1v) is 12.5. The van der Waals surface area contributed by atoms with Gasteiger partial charge < -0.3 is 0 Å². The van der Waals surface area contributed by atoms with Crippen LogP contribution in [0.5, 0.6) is 0 Å². The van der Waals surface area contributed by atoms with Gasteiger partial charge in [-0.15, -0.1) is 0 Å². The summed E-state index contributed by atoms with van der Waals surface area (Å²) in [4.78, 5) is 13.0. The summed E-state index contributed by atoms with van der Waals surface area (Å²) < 4.78 is 0. The van der Waals surface area contributed by atoms with Gasteiger partial charge >= 0.3 is 0 Å². The molecule has 7 atom stereocenters. The molecule has 1 heteroatoms. The summed E-state index contributed by atoms with van der Waals surface area (Å²) in [6.45, 7) is 11.9. The highest BCUT2D eigenvalue weighted by Gasteiger charge is 2.59. The van der Waals surface area contributed by atoms with Crippen LogP contribution in [-0.4, -0.2) is 5.78 Å². The lowest BCUT2D eigenvalue weighted by Crippen LogP contribution is -2.50. The van der Waals surface area contributed by atoms with E-state index in [0.29, 0.717) is 28.4 Å². The highest BCUT2D eigenvalue weighted by atomic mass is 16.1. The molecule has 0 amide bonds. The second kappa shape index (κ2) is 7.59. The Kier molecular flexibility index (Phi) is 5.60. The molecule has 3 saturated carbocycles. The molecule has 0 aromatic rings. The molecule has 0 saturated heterocycles. The number of fused-ring (bicyclic) bond motifs is 5. The van der Waals surface area contributed by atoms with Crippen molar-refractivity contribution in [2.24, 2.45) is 46.3 Å². The maximum absolute atomic E-state index is 13.0. The van der Waals surface area contributed by atoms with Gasteiger partial charge in [0.05, 0.1) is 0 Å². The van der Waals surface area contributed by atoms with Crippen LogP contribution in [0, 0.1) is 46.3 Å². The Morgan fingerprint density at radius 3 is 2.61 bits per heavy atom. The zero-order chi connectivity index (χ0) is 20.1. The number of ketones is 1. The number of hydrogen-bond donors (Lipinski definition) is 0. The van der Waals surface area contributed by atoms with E-state index in [2.05, 4.69) is 40.7 Å². The molecule has 0 unspecified atom stereocenters. The maximum atomic E-state index is 13.0. The molecule has 4 aliphatic rings. The second-order valence-corrected chi connectivity index (χ2v) is 11.9. The topological polar surface area (TPSA) is 17.1 Å². The fraction of sp³-hybridized carbons (Fsp3) is 0.889. The molecule has 0 N–H and O–H groups in total. The van der Waals surface area contributed by atoms with Crippen LogP contribution >= 0.6 is 0 Å². The molecule has 28 heavy (non-hydrogen) atoms. The van der Waals surface area contributed by atoms with Gasteiger partial charge in [-0.05, 0) is 98.2 Å². The van der Waals surface area contributed by atoms with Crippen LogP contribution in [0.25, 0.3) is 0 Å². The number of rotatable bonds is 5. The van der Waals surface area contributed by atoms with Gasteiger partial charge in [-0.25, -0.2) is 0 Å². The van der Waals surface area contributed by atoms with Crippen molar-refractivity contribution < 1.29 is 4.79 Å². The van der Waals surface area contributed by atoms with E-state index in [-0.39, 0.29) is 5.92 Å². The zero-order valence-corrected chi connectivity index (χ0v) is 19.2. The van der Waals surface area contributed by atoms with Crippen LogP contribution in [0.1, 0.15) is 105 Å². The smallest absolute Gasteiger partial charge is 0.136 e. The van der Waals surface area contributed by atoms with Crippen LogP contribution < -0.4 is 0 Å². The van der Waals surface area contributed by atoms with E-state index in [1.807, 2.05) is 5.57 Å². The Morgan fingerprint density at radius 2 is 1.86 bits per heavy atom. The summed E-state index contributed by atoms with van der Waals surface area (Å²) in [7, 11) is 0. The molecule has 4 rings (SSSR count). The lowest BCUT2D eigenvalue weighted by Gasteiger charge is -2.58. The lowest BCUT2D eigenvalue weighted by molar-refractivity contribution is -0.127. The average molecular weight is 385 g/mol. The van der Waals surface area contributed by atoms with E-state index >= 15 is 0 Å². The Labute approximate surface area is 174 Å². The maximum Gasteiger partial charge on any atom is 0.136 e. The Hall–Kier alpha value is -0.590. The van der Waals surface area contributed by atoms with Gasteiger partial charge in [0.2, 0.25) is 0 Å². The van der Waals surface area contributed by atoms with Crippen molar-refractivity contribution in [3.63, 3.8) is 0 Å². The predicted molar refractivity (Wildman–Crippen MR) is 118 cm³/mol. The first-order chi connectivity index (χ1) is 13.3. The highest BCUT2D eigenvalue weighted by Crippen LogP contribution is 2.67. The monoisotopic (exact) mass is 384 g/mol. The van der Waals surface area contributed by atoms with Crippen molar-refractivity contribution >= 4 is 5.78 Å². The summed E-state index contributed by atoms with van der Waals surface area (Å²) in [5, 5.41) is 0. The molecule has 0 radical (unpaired) electrons. The summed E-state index contributed by atoms with van der Waals surface area (Å²) in [5.41, 5.74) is 2.72. The molecule has 4 aliphatic carbocycles. The van der Waals surface area contributed by atoms with E-state index in [4.69, 9.17) is 0 Å². The first-order valence-electron chi connectivity index (χ1n) is 12.5. The molecular formula is C27H44O. The molecular weight excluding hydrogens is 340 g/mol. The number of carbonyl (C=O) groups excluding carboxylic acids is 1. The van der Waals surface area contributed by atoms with Crippen LogP contribution in [-0.2, 0) is 4.79 Å². The number of hydrogen-bond acceptors (Lipinski definition) is 1. The van der Waals surface area contributed by atoms with Crippen LogP contribution in [0.2, 0.25) is 0 Å². The van der Waals surface area contributed by atoms with E-state index < -0.39 is 0 Å². The largest absolute Gasteiger partial charge is 0.299 e. The minimum absolute atomic E-state index is 0.269. The van der Waals surface area contributed by atoms with Crippen molar-refractivity contribution in [2.75, 3.05) is 0 Å². The van der Waals surface area contributed by atoms with Gasteiger partial charge in [-0.2, -0.15) is 0 Å². The first kappa shape index (κ1) is 20.7. The number of allylic oxidation sites excluding steroid dienone is 2. The summed E-state index contributed by atoms with van der Waals surface area (Å²) in [5.74, 6) is 4.73. The third-order valence-electron chi connectivity index (χ3n) is 10.2. The molecule has 0 aliphatic heterocycles. The van der Waals surface area contributed by atoms with Gasteiger partial charge in [0.15, 0.2) is 0 Å². The molecule has 3 fully saturated rings. The Bertz CT molecular complexity index is 630. The SMILES string of the molecule is CC(C)CCC(=O)[C@@H](C)[C@H]1CC[C@H]2[C@@H]3CC=C4CCCC[C@]4(C)[C@H]3CC[C@]12C. The minimum Gasteiger partial charge on any atom is -0.299 e. The lowest BCUT2D eigenvalue weighted by atomic mass is 9.47. The van der Waals surface area contributed by atoms with Gasteiger partial charge in [0, 0.05) is 12.3 Å². The van der Waals surface area contributed by atoms with Gasteiger partial charge in [-0.1, -0.05) is 52.7 Å². The normalized spacial score (nSPS) is 43.7. The van der Waals surface area contributed by atoms with Gasteiger partial charge in [-0.3, -0.25) is 4.79 Å². The van der Waals surface area contributed by atoms with E-state index in [1.54, 1.807) is 0 Å². The minimum atomic E-state index is 0.269. The van der Waals surface area contributed by atoms with Crippen molar-refractivity contribution in [3.8, 4) is 0 Å². The fourth-order valence-corrected chi connectivity index (χ4v) is 8.44. The standard InChI is InChI=1S/C27H44O/c1-18(2)9-14-25(28)19(3)22-12-13-23-21-11-10-20-8-6-7-16-26(20,4)24(21)15-17-27(22,23)5/h10,18-19,21-24H,6-9,11-17H2,1-5H3/t19-,21-,22+,23-,24-,26-,27+/m0/s1. The highest BCUT2D eigenvalue weighted by molar-refractivity contribution is 5.81. The van der Waals surface area contributed by atoms with E-state index in [0.717, 1.165) is 30.6 Å². The van der Waals surface area contributed by atoms with Crippen molar-refractivity contribution in [3.05, 3.63) is 11.6 Å². The zero-order valence-electron chi connectivity index (χ0n) is 19.2. The fourth-order valence-electron chi connectivity index (χ4n) is 8.44. The van der Waals surface area contributed by atoms with Crippen molar-refractivity contribution in [1.82, 2.24) is 0 Å². The van der Waals surface area contributed by atoms with Gasteiger partial charge in [0.25, 0.3) is 0 Å². The second-order valence-electron chi connectivity index (χ2n) is 11.9. The molecule has 0 aromatic heterocycles. The van der Waals surface area contributed by atoms with Crippen LogP contribution in [0.15, 0.2) is 11.6 Å². The Balaban J connectivity index is 1.52. The molecule has 0 bridgehead atoms. The summed E-state index contributed by atoms with van der Waals surface area (Å²) in [6, 6.07) is 0. The van der Waals surface area contributed by atoms with E-state index in [9.17, 15) is 4.79 Å². The van der Waals surface area contributed by atoms with Crippen LogP contribution in [0.3, 0.4) is 0 Å². The molecule has 0 aromatic carbocycles. The number of Topliss-reactive ketones (excluding diaryl/α,β-unsaturated/α-hetero) is 1. The number of carbonyl (C=O) groups is 1. The summed E-state index contributed by atoms with van der Waals surface area (Å²) >= 11 is 0. The van der Waals surface area contributed by atoms with Crippen molar-refractivity contribution in [2.45, 2.75) is 105 Å².